The smallest absolute Gasteiger partial charge is 0.362 e. The number of anilines is 1. The predicted molar refractivity (Wildman–Crippen MR) is 212 cm³/mol. The zero-order chi connectivity index (χ0) is 38.8. The zero-order valence-electron chi connectivity index (χ0n) is 30.4. The number of aromatic nitrogens is 4. The molecule has 0 saturated heterocycles. The molecule has 1 unspecified atom stereocenters. The van der Waals surface area contributed by atoms with Crippen LogP contribution in [-0.4, -0.2) is 61.2 Å². The second-order valence-corrected chi connectivity index (χ2v) is 13.1. The number of carbonyl (C=O) groups is 2. The van der Waals surface area contributed by atoms with Crippen molar-refractivity contribution in [1.29, 1.82) is 0 Å². The van der Waals surface area contributed by atoms with Gasteiger partial charge in [-0.3, -0.25) is 14.0 Å². The van der Waals surface area contributed by atoms with Gasteiger partial charge in [-0.15, -0.1) is 0 Å². The first-order valence-electron chi connectivity index (χ1n) is 18.1. The number of ether oxygens (including phenoxy) is 1. The molecule has 280 valence electrons. The molecule has 7 aromatic rings. The monoisotopic (exact) mass is 745 g/mol. The largest absolute Gasteiger partial charge is 0.478 e. The fourth-order valence-corrected chi connectivity index (χ4v) is 6.96. The van der Waals surface area contributed by atoms with E-state index in [1.807, 2.05) is 41.3 Å². The number of benzene rings is 5. The van der Waals surface area contributed by atoms with Crippen LogP contribution in [0, 0.1) is 0 Å². The van der Waals surface area contributed by atoms with Gasteiger partial charge < -0.3 is 20.5 Å². The molecule has 12 heteroatoms. The maximum Gasteiger partial charge on any atom is 0.362 e. The van der Waals surface area contributed by atoms with Crippen LogP contribution < -0.4 is 10.6 Å². The molecule has 2 heterocycles. The summed E-state index contributed by atoms with van der Waals surface area (Å²) in [7, 11) is 0. The average Bonchev–Trinajstić information content (AvgIpc) is 3.89. The predicted octanol–water partition coefficient (Wildman–Crippen LogP) is 6.64. The van der Waals surface area contributed by atoms with Crippen molar-refractivity contribution in [3.8, 4) is 0 Å². The van der Waals surface area contributed by atoms with Gasteiger partial charge in [0.15, 0.2) is 0 Å². The first-order chi connectivity index (χ1) is 27.4. The molecule has 0 aliphatic heterocycles. The molecular formula is C44H39N7O5. The van der Waals surface area contributed by atoms with E-state index in [4.69, 9.17) is 9.72 Å². The van der Waals surface area contributed by atoms with Gasteiger partial charge in [-0.25, -0.2) is 14.6 Å². The summed E-state index contributed by atoms with van der Waals surface area (Å²) < 4.78 is 9.64. The second-order valence-electron chi connectivity index (χ2n) is 13.1. The highest BCUT2D eigenvalue weighted by molar-refractivity contribution is 5.98. The Balaban J connectivity index is 1.04. The number of nitrogens with zero attached hydrogens (tertiary/aromatic N) is 5. The maximum atomic E-state index is 13.2. The SMILES string of the molecule is O=C=NC(CNC(=O)c1ccc2c(cnn2CCCNc2nccn2C(c2ccccc2)(c2ccccc2)c2ccccc2)c1)(OCc1ccccc1)C(=O)O. The van der Waals surface area contributed by atoms with Crippen LogP contribution in [0.5, 0.6) is 0 Å². The molecule has 2 aromatic heterocycles. The van der Waals surface area contributed by atoms with E-state index < -0.39 is 29.7 Å². The number of hydrogen-bond donors (Lipinski definition) is 3. The van der Waals surface area contributed by atoms with Gasteiger partial charge in [-0.1, -0.05) is 121 Å². The van der Waals surface area contributed by atoms with E-state index >= 15 is 0 Å². The molecule has 0 radical (unpaired) electrons. The third-order valence-corrected chi connectivity index (χ3v) is 9.68. The van der Waals surface area contributed by atoms with Crippen LogP contribution in [0.15, 0.2) is 163 Å². The fraction of sp³-hybridized carbons (Fsp3) is 0.159. The standard InChI is InChI=1S/C44H39N7O5/c52-32-48-43(41(54)55,56-30-33-14-5-1-6-15-33)31-47-40(53)34-22-23-39-35(28-34)29-49-51(39)26-13-24-45-42-46-25-27-50(42)44(36-16-7-2-8-17-36,37-18-9-3-10-19-37)38-20-11-4-12-21-38/h1-12,14-23,25,27-29H,13,24,26,30-31H2,(H,45,46)(H,47,53)(H,54,55). The Hall–Kier alpha value is -7.14. The molecule has 7 rings (SSSR count). The van der Waals surface area contributed by atoms with Crippen LogP contribution in [0.25, 0.3) is 10.9 Å². The Kier molecular flexibility index (Phi) is 11.2. The Labute approximate surface area is 323 Å². The van der Waals surface area contributed by atoms with Crippen molar-refractivity contribution in [3.63, 3.8) is 0 Å². The molecule has 1 amide bonds. The highest BCUT2D eigenvalue weighted by Crippen LogP contribution is 2.42. The Morgan fingerprint density at radius 3 is 2.02 bits per heavy atom. The lowest BCUT2D eigenvalue weighted by atomic mass is 9.76. The zero-order valence-corrected chi connectivity index (χ0v) is 30.4. The van der Waals surface area contributed by atoms with Gasteiger partial charge in [0.05, 0.1) is 24.9 Å². The summed E-state index contributed by atoms with van der Waals surface area (Å²) in [5.74, 6) is -1.37. The quantitative estimate of drug-likeness (QED) is 0.0406. The molecule has 0 saturated carbocycles. The maximum absolute atomic E-state index is 13.2. The van der Waals surface area contributed by atoms with Crippen LogP contribution in [0.2, 0.25) is 0 Å². The summed E-state index contributed by atoms with van der Waals surface area (Å²) in [5, 5.41) is 21.4. The fourth-order valence-electron chi connectivity index (χ4n) is 6.96. The van der Waals surface area contributed by atoms with Gasteiger partial charge >= 0.3 is 5.97 Å². The van der Waals surface area contributed by atoms with Crippen molar-refractivity contribution >= 4 is 34.8 Å². The number of amides is 1. The number of carboxylic acid groups (broad SMARTS) is 1. The molecule has 0 aliphatic rings. The average molecular weight is 746 g/mol. The summed E-state index contributed by atoms with van der Waals surface area (Å²) in [4.78, 5) is 44.8. The molecule has 1 atom stereocenters. The summed E-state index contributed by atoms with van der Waals surface area (Å²) >= 11 is 0. The van der Waals surface area contributed by atoms with Gasteiger partial charge in [0, 0.05) is 36.4 Å². The lowest BCUT2D eigenvalue weighted by Crippen LogP contribution is -2.49. The lowest BCUT2D eigenvalue weighted by molar-refractivity contribution is -0.165. The van der Waals surface area contributed by atoms with Crippen LogP contribution in [-0.2, 0) is 33.0 Å². The van der Waals surface area contributed by atoms with Crippen molar-refractivity contribution in [1.82, 2.24) is 24.6 Å². The molecule has 0 bridgehead atoms. The van der Waals surface area contributed by atoms with E-state index in [0.717, 1.165) is 40.0 Å². The van der Waals surface area contributed by atoms with Crippen molar-refractivity contribution in [2.75, 3.05) is 18.4 Å². The molecule has 12 nitrogen and oxygen atoms in total. The summed E-state index contributed by atoms with van der Waals surface area (Å²) in [6.07, 6.45) is 7.50. The van der Waals surface area contributed by atoms with Crippen LogP contribution in [0.3, 0.4) is 0 Å². The number of carbonyl (C=O) groups excluding carboxylic acids is 2. The molecule has 0 fully saturated rings. The van der Waals surface area contributed by atoms with Crippen LogP contribution >= 0.6 is 0 Å². The number of aryl methyl sites for hydroxylation is 1. The van der Waals surface area contributed by atoms with Gasteiger partial charge in [0.2, 0.25) is 12.0 Å². The number of aliphatic imine (C=N–C) groups is 1. The summed E-state index contributed by atoms with van der Waals surface area (Å²) in [6.45, 7) is 0.463. The number of imidazole rings is 1. The van der Waals surface area contributed by atoms with Crippen molar-refractivity contribution < 1.29 is 24.2 Å². The van der Waals surface area contributed by atoms with E-state index in [-0.39, 0.29) is 12.2 Å². The first-order valence-corrected chi connectivity index (χ1v) is 18.1. The van der Waals surface area contributed by atoms with E-state index in [9.17, 15) is 19.5 Å². The number of rotatable bonds is 17. The third-order valence-electron chi connectivity index (χ3n) is 9.68. The van der Waals surface area contributed by atoms with Crippen LogP contribution in [0.1, 0.15) is 39.0 Å². The number of aliphatic carboxylic acids is 1. The number of hydrogen-bond acceptors (Lipinski definition) is 8. The molecule has 0 spiro atoms. The van der Waals surface area contributed by atoms with E-state index in [0.29, 0.717) is 18.7 Å². The van der Waals surface area contributed by atoms with Gasteiger partial charge in [-0.05, 0) is 46.9 Å². The van der Waals surface area contributed by atoms with Gasteiger partial charge in [0.25, 0.3) is 11.6 Å². The number of fused-ring (bicyclic) bond motifs is 1. The topological polar surface area (TPSA) is 153 Å². The minimum atomic E-state index is -2.35. The normalized spacial score (nSPS) is 12.4. The molecule has 5 aromatic carbocycles. The Morgan fingerprint density at radius 2 is 1.43 bits per heavy atom. The number of nitrogens with one attached hydrogen (secondary N) is 2. The number of carboxylic acids is 1. The number of isocyanates is 1. The van der Waals surface area contributed by atoms with Crippen molar-refractivity contribution in [2.24, 2.45) is 4.99 Å². The lowest BCUT2D eigenvalue weighted by Gasteiger charge is -2.38. The van der Waals surface area contributed by atoms with E-state index in [2.05, 4.69) is 98.1 Å². The van der Waals surface area contributed by atoms with Crippen LogP contribution in [0.4, 0.5) is 5.95 Å². The first kappa shape index (κ1) is 37.2. The van der Waals surface area contributed by atoms with E-state index in [1.165, 1.54) is 6.08 Å². The minimum Gasteiger partial charge on any atom is -0.478 e. The molecule has 3 N–H and O–H groups in total. The second kappa shape index (κ2) is 16.9. The third kappa shape index (κ3) is 7.60. The van der Waals surface area contributed by atoms with E-state index in [1.54, 1.807) is 48.7 Å². The molecule has 0 aliphatic carbocycles. The van der Waals surface area contributed by atoms with Crippen molar-refractivity contribution in [2.45, 2.75) is 30.8 Å². The summed E-state index contributed by atoms with van der Waals surface area (Å²) in [5.41, 5.74) is 2.03. The highest BCUT2D eigenvalue weighted by Gasteiger charge is 2.41. The molecular weight excluding hydrogens is 707 g/mol. The Bertz CT molecular complexity index is 2350. The Morgan fingerprint density at radius 1 is 0.821 bits per heavy atom. The van der Waals surface area contributed by atoms with Gasteiger partial charge in [-0.2, -0.15) is 10.1 Å². The summed E-state index contributed by atoms with van der Waals surface area (Å²) in [6, 6.07) is 45.2. The van der Waals surface area contributed by atoms with Crippen molar-refractivity contribution in [3.05, 3.63) is 186 Å². The minimum absolute atomic E-state index is 0.145. The van der Waals surface area contributed by atoms with Gasteiger partial charge in [0.1, 0.15) is 5.54 Å². The highest BCUT2D eigenvalue weighted by atomic mass is 16.5. The molecule has 56 heavy (non-hydrogen) atoms.